The summed E-state index contributed by atoms with van der Waals surface area (Å²) in [5.74, 6) is 0. The van der Waals surface area contributed by atoms with Gasteiger partial charge in [-0.1, -0.05) is 0 Å². The lowest BCUT2D eigenvalue weighted by molar-refractivity contribution is -0.176. The smallest absolute Gasteiger partial charge is 0.389 e. The Morgan fingerprint density at radius 2 is 1.90 bits per heavy atom. The number of hydrogen-bond donors (Lipinski definition) is 2. The van der Waals surface area contributed by atoms with E-state index in [1.54, 1.807) is 13.8 Å². The highest BCUT2D eigenvalue weighted by Gasteiger charge is 2.27. The summed E-state index contributed by atoms with van der Waals surface area (Å²) in [7, 11) is 0. The van der Waals surface area contributed by atoms with Gasteiger partial charge in [0.2, 0.25) is 5.28 Å². The van der Waals surface area contributed by atoms with Crippen molar-refractivity contribution >= 4 is 11.6 Å². The van der Waals surface area contributed by atoms with E-state index in [0.29, 0.717) is 18.8 Å². The van der Waals surface area contributed by atoms with E-state index in [2.05, 4.69) is 20.0 Å². The number of aliphatic hydroxyl groups is 1. The molecule has 120 valence electrons. The van der Waals surface area contributed by atoms with Crippen molar-refractivity contribution < 1.29 is 23.0 Å². The Bertz CT molecular complexity index is 426. The van der Waals surface area contributed by atoms with E-state index in [9.17, 15) is 18.3 Å². The fourth-order valence-corrected chi connectivity index (χ4v) is 1.67. The Labute approximate surface area is 125 Å². The number of alkyl halides is 3. The summed E-state index contributed by atoms with van der Waals surface area (Å²) in [5.41, 5.74) is -0.112. The van der Waals surface area contributed by atoms with Crippen LogP contribution in [0, 0.1) is 0 Å². The molecule has 0 bridgehead atoms. The summed E-state index contributed by atoms with van der Waals surface area (Å²) in [6.07, 6.45) is -4.38. The molecule has 0 aliphatic rings. The van der Waals surface area contributed by atoms with Gasteiger partial charge >= 0.3 is 6.18 Å². The molecule has 0 unspecified atom stereocenters. The zero-order valence-electron chi connectivity index (χ0n) is 11.7. The van der Waals surface area contributed by atoms with Crippen LogP contribution in [0.15, 0.2) is 6.07 Å². The van der Waals surface area contributed by atoms with Crippen LogP contribution in [-0.4, -0.2) is 40.0 Å². The molecule has 0 spiro atoms. The lowest BCUT2D eigenvalue weighted by Crippen LogP contribution is -2.34. The van der Waals surface area contributed by atoms with E-state index in [4.69, 9.17) is 11.6 Å². The number of aromatic nitrogens is 2. The van der Waals surface area contributed by atoms with Crippen molar-refractivity contribution in [3.8, 4) is 0 Å². The quantitative estimate of drug-likeness (QED) is 0.750. The minimum absolute atomic E-state index is 0.0665. The maximum absolute atomic E-state index is 12.0. The molecule has 1 rings (SSSR count). The molecule has 0 aromatic carbocycles. The van der Waals surface area contributed by atoms with Crippen LogP contribution in [0.4, 0.5) is 13.2 Å². The van der Waals surface area contributed by atoms with E-state index < -0.39 is 18.4 Å². The third-order valence-corrected chi connectivity index (χ3v) is 2.35. The predicted molar refractivity (Wildman–Crippen MR) is 70.8 cm³/mol. The molecule has 0 radical (unpaired) electrons. The van der Waals surface area contributed by atoms with Crippen LogP contribution in [0.25, 0.3) is 0 Å². The van der Waals surface area contributed by atoms with Crippen molar-refractivity contribution in [3.05, 3.63) is 22.7 Å². The second kappa shape index (κ2) is 7.35. The first-order valence-corrected chi connectivity index (χ1v) is 6.53. The first kappa shape index (κ1) is 18.1. The summed E-state index contributed by atoms with van der Waals surface area (Å²) < 4.78 is 40.5. The Morgan fingerprint density at radius 1 is 1.29 bits per heavy atom. The normalized spacial score (nSPS) is 12.7. The number of nitrogens with zero attached hydrogens (tertiary/aromatic N) is 2. The molecule has 0 aliphatic heterocycles. The molecule has 0 saturated heterocycles. The van der Waals surface area contributed by atoms with Crippen molar-refractivity contribution in [3.63, 3.8) is 0 Å². The first-order valence-electron chi connectivity index (χ1n) is 6.15. The van der Waals surface area contributed by atoms with E-state index in [0.717, 1.165) is 0 Å². The van der Waals surface area contributed by atoms with Crippen LogP contribution < -0.4 is 5.32 Å². The SMILES string of the molecule is CC(C)(O)CNCc1cc(COCC(F)(F)F)nc(Cl)n1. The minimum atomic E-state index is -4.38. The van der Waals surface area contributed by atoms with Gasteiger partial charge in [0.1, 0.15) is 6.61 Å². The fraction of sp³-hybridized carbons (Fsp3) is 0.667. The Morgan fingerprint density at radius 3 is 2.48 bits per heavy atom. The third kappa shape index (κ3) is 8.82. The first-order chi connectivity index (χ1) is 9.55. The van der Waals surface area contributed by atoms with Crippen molar-refractivity contribution in [1.29, 1.82) is 0 Å². The topological polar surface area (TPSA) is 67.3 Å². The van der Waals surface area contributed by atoms with Gasteiger partial charge in [0, 0.05) is 13.1 Å². The molecule has 0 atom stereocenters. The van der Waals surface area contributed by atoms with Crippen molar-refractivity contribution in [2.24, 2.45) is 0 Å². The summed E-state index contributed by atoms with van der Waals surface area (Å²) in [4.78, 5) is 7.74. The van der Waals surface area contributed by atoms with Crippen LogP contribution in [0.5, 0.6) is 0 Å². The zero-order chi connectivity index (χ0) is 16.1. The monoisotopic (exact) mass is 327 g/mol. The van der Waals surface area contributed by atoms with E-state index in [-0.39, 0.29) is 17.6 Å². The fourth-order valence-electron chi connectivity index (χ4n) is 1.45. The maximum atomic E-state index is 12.0. The van der Waals surface area contributed by atoms with Gasteiger partial charge in [-0.3, -0.25) is 0 Å². The van der Waals surface area contributed by atoms with Crippen molar-refractivity contribution in [2.75, 3.05) is 13.2 Å². The lowest BCUT2D eigenvalue weighted by atomic mass is 10.1. The van der Waals surface area contributed by atoms with Crippen LogP contribution in [0.1, 0.15) is 25.2 Å². The average molecular weight is 328 g/mol. The highest BCUT2D eigenvalue weighted by molar-refractivity contribution is 6.28. The number of halogens is 4. The summed E-state index contributed by atoms with van der Waals surface area (Å²) in [6.45, 7) is 2.26. The van der Waals surface area contributed by atoms with Crippen LogP contribution in [-0.2, 0) is 17.9 Å². The molecule has 0 aliphatic carbocycles. The second-order valence-electron chi connectivity index (χ2n) is 5.14. The Hall–Kier alpha value is -0.960. The Kier molecular flexibility index (Phi) is 6.33. The highest BCUT2D eigenvalue weighted by atomic mass is 35.5. The Balaban J connectivity index is 2.55. The van der Waals surface area contributed by atoms with Crippen molar-refractivity contribution in [1.82, 2.24) is 15.3 Å². The molecule has 5 nitrogen and oxygen atoms in total. The van der Waals surface area contributed by atoms with Gasteiger partial charge in [0.05, 0.1) is 23.6 Å². The van der Waals surface area contributed by atoms with Gasteiger partial charge in [-0.2, -0.15) is 13.2 Å². The van der Waals surface area contributed by atoms with Gasteiger partial charge in [-0.15, -0.1) is 0 Å². The highest BCUT2D eigenvalue weighted by Crippen LogP contribution is 2.16. The van der Waals surface area contributed by atoms with Crippen LogP contribution >= 0.6 is 11.6 Å². The maximum Gasteiger partial charge on any atom is 0.411 e. The standard InChI is InChI=1S/C12H17ClF3N3O2/c1-11(2,20)6-17-4-8-3-9(19-10(13)18-8)5-21-7-12(14,15)16/h3,17,20H,4-7H2,1-2H3. The minimum Gasteiger partial charge on any atom is -0.389 e. The van der Waals surface area contributed by atoms with Gasteiger partial charge in [-0.25, -0.2) is 9.97 Å². The van der Waals surface area contributed by atoms with Crippen molar-refractivity contribution in [2.45, 2.75) is 38.8 Å². The van der Waals surface area contributed by atoms with E-state index in [1.165, 1.54) is 6.07 Å². The van der Waals surface area contributed by atoms with Gasteiger partial charge < -0.3 is 15.2 Å². The van der Waals surface area contributed by atoms with Gasteiger partial charge in [0.15, 0.2) is 0 Å². The molecular weight excluding hydrogens is 311 g/mol. The summed E-state index contributed by atoms with van der Waals surface area (Å²) >= 11 is 5.71. The molecule has 1 aromatic rings. The molecular formula is C12H17ClF3N3O2. The second-order valence-corrected chi connectivity index (χ2v) is 5.48. The van der Waals surface area contributed by atoms with Crippen LogP contribution in [0.3, 0.4) is 0 Å². The molecule has 0 amide bonds. The molecule has 0 saturated carbocycles. The lowest BCUT2D eigenvalue weighted by Gasteiger charge is -2.17. The van der Waals surface area contributed by atoms with E-state index in [1.807, 2.05) is 0 Å². The molecule has 2 N–H and O–H groups in total. The average Bonchev–Trinajstić information content (AvgIpc) is 2.24. The van der Waals surface area contributed by atoms with Crippen LogP contribution in [0.2, 0.25) is 5.28 Å². The summed E-state index contributed by atoms with van der Waals surface area (Å²) in [5, 5.41) is 12.4. The number of ether oxygens (including phenoxy) is 1. The van der Waals surface area contributed by atoms with Gasteiger partial charge in [-0.05, 0) is 31.5 Å². The number of nitrogens with one attached hydrogen (secondary N) is 1. The molecule has 1 heterocycles. The van der Waals surface area contributed by atoms with E-state index >= 15 is 0 Å². The molecule has 21 heavy (non-hydrogen) atoms. The molecule has 9 heteroatoms. The largest absolute Gasteiger partial charge is 0.411 e. The molecule has 1 aromatic heterocycles. The predicted octanol–water partition coefficient (Wildman–Crippen LogP) is 2.07. The van der Waals surface area contributed by atoms with Gasteiger partial charge in [0.25, 0.3) is 0 Å². The third-order valence-electron chi connectivity index (χ3n) is 2.18. The number of rotatable bonds is 7. The summed E-state index contributed by atoms with van der Waals surface area (Å²) in [6, 6.07) is 1.50. The zero-order valence-corrected chi connectivity index (χ0v) is 12.4. The molecule has 0 fully saturated rings. The number of hydrogen-bond acceptors (Lipinski definition) is 5.